The van der Waals surface area contributed by atoms with E-state index in [1.54, 1.807) is 0 Å². The standard InChI is InChI=1S/C27H28N2O/c1-20-18-28-26-17-24(30-23-11-7-4-8-12-23)13-15-27(26)25(20)14-16-29(27)19-21(2)22-9-5-3-6-10-22/h3-13,17-18,21H,14-16,19H2,1-2H3. The summed E-state index contributed by atoms with van der Waals surface area (Å²) >= 11 is 0. The van der Waals surface area contributed by atoms with Gasteiger partial charge in [-0.3, -0.25) is 9.89 Å². The second-order valence-corrected chi connectivity index (χ2v) is 8.54. The third-order valence-electron chi connectivity index (χ3n) is 6.69. The van der Waals surface area contributed by atoms with Crippen molar-refractivity contribution in [3.05, 3.63) is 101 Å². The molecule has 2 aromatic rings. The first-order chi connectivity index (χ1) is 14.7. The lowest BCUT2D eigenvalue weighted by atomic mass is 9.77. The van der Waals surface area contributed by atoms with Crippen molar-refractivity contribution in [2.24, 2.45) is 4.99 Å². The summed E-state index contributed by atoms with van der Waals surface area (Å²) < 4.78 is 6.14. The molecule has 30 heavy (non-hydrogen) atoms. The van der Waals surface area contributed by atoms with E-state index in [2.05, 4.69) is 61.2 Å². The largest absolute Gasteiger partial charge is 0.458 e. The van der Waals surface area contributed by atoms with Crippen molar-refractivity contribution in [2.45, 2.75) is 38.1 Å². The quantitative estimate of drug-likeness (QED) is 0.630. The maximum Gasteiger partial charge on any atom is 0.127 e. The Bertz CT molecular complexity index is 1050. The van der Waals surface area contributed by atoms with Crippen LogP contribution in [-0.4, -0.2) is 29.7 Å². The number of para-hydroxylation sites is 1. The highest BCUT2D eigenvalue weighted by molar-refractivity contribution is 5.84. The molecular formula is C27H28N2O. The van der Waals surface area contributed by atoms with Crippen LogP contribution >= 0.6 is 0 Å². The van der Waals surface area contributed by atoms with Gasteiger partial charge in [0.2, 0.25) is 0 Å². The lowest BCUT2D eigenvalue weighted by molar-refractivity contribution is 0.181. The number of likely N-dealkylation sites (tertiary alicyclic amines) is 1. The number of benzene rings is 2. The van der Waals surface area contributed by atoms with Crippen molar-refractivity contribution in [1.29, 1.82) is 0 Å². The van der Waals surface area contributed by atoms with Crippen molar-refractivity contribution >= 4 is 6.21 Å². The van der Waals surface area contributed by atoms with Crippen molar-refractivity contribution in [2.75, 3.05) is 13.1 Å². The lowest BCUT2D eigenvalue weighted by Gasteiger charge is -2.44. The molecule has 0 N–H and O–H groups in total. The van der Waals surface area contributed by atoms with Crippen molar-refractivity contribution in [1.82, 2.24) is 4.90 Å². The van der Waals surface area contributed by atoms with Gasteiger partial charge in [-0.1, -0.05) is 55.5 Å². The summed E-state index contributed by atoms with van der Waals surface area (Å²) in [4.78, 5) is 7.56. The Morgan fingerprint density at radius 1 is 1.07 bits per heavy atom. The fraction of sp³-hybridized carbons (Fsp3) is 0.296. The number of rotatable bonds is 5. The van der Waals surface area contributed by atoms with Gasteiger partial charge in [0.1, 0.15) is 11.5 Å². The van der Waals surface area contributed by atoms with Crippen LogP contribution in [-0.2, 0) is 0 Å². The van der Waals surface area contributed by atoms with E-state index in [1.165, 1.54) is 16.7 Å². The lowest BCUT2D eigenvalue weighted by Crippen LogP contribution is -2.49. The molecule has 0 amide bonds. The molecule has 2 aromatic carbocycles. The van der Waals surface area contributed by atoms with Gasteiger partial charge in [-0.15, -0.1) is 0 Å². The molecule has 1 saturated heterocycles. The van der Waals surface area contributed by atoms with E-state index in [9.17, 15) is 0 Å². The van der Waals surface area contributed by atoms with Crippen LogP contribution < -0.4 is 4.74 Å². The molecule has 3 aliphatic rings. The summed E-state index contributed by atoms with van der Waals surface area (Å²) in [6.45, 7) is 6.64. The predicted molar refractivity (Wildman–Crippen MR) is 123 cm³/mol. The predicted octanol–water partition coefficient (Wildman–Crippen LogP) is 5.89. The number of aliphatic imine (C=N–C) groups is 1. The van der Waals surface area contributed by atoms with Crippen LogP contribution in [0.1, 0.15) is 38.2 Å². The van der Waals surface area contributed by atoms with Crippen LogP contribution in [0.25, 0.3) is 0 Å². The molecule has 2 aliphatic heterocycles. The van der Waals surface area contributed by atoms with E-state index in [1.807, 2.05) is 36.5 Å². The first-order valence-electron chi connectivity index (χ1n) is 10.9. The average molecular weight is 397 g/mol. The van der Waals surface area contributed by atoms with E-state index < -0.39 is 0 Å². The smallest absolute Gasteiger partial charge is 0.127 e. The summed E-state index contributed by atoms with van der Waals surface area (Å²) in [6, 6.07) is 20.8. The highest BCUT2D eigenvalue weighted by atomic mass is 16.5. The minimum absolute atomic E-state index is 0.120. The molecule has 0 radical (unpaired) electrons. The molecule has 1 aliphatic carbocycles. The SMILES string of the molecule is CC1=C2CCN(CC(C)c3ccccc3)C23CC=C(Oc2ccccc2)C=C3N=C1. The maximum atomic E-state index is 6.14. The molecule has 0 saturated carbocycles. The van der Waals surface area contributed by atoms with E-state index in [4.69, 9.17) is 9.73 Å². The molecule has 1 spiro atoms. The molecule has 3 heteroatoms. The summed E-state index contributed by atoms with van der Waals surface area (Å²) in [5.41, 5.74) is 5.24. The van der Waals surface area contributed by atoms with E-state index >= 15 is 0 Å². The van der Waals surface area contributed by atoms with E-state index in [-0.39, 0.29) is 5.54 Å². The molecule has 1 fully saturated rings. The summed E-state index contributed by atoms with van der Waals surface area (Å²) in [5, 5.41) is 0. The van der Waals surface area contributed by atoms with Gasteiger partial charge in [0, 0.05) is 25.4 Å². The normalized spacial score (nSPS) is 24.1. The van der Waals surface area contributed by atoms with Gasteiger partial charge in [-0.25, -0.2) is 0 Å². The first kappa shape index (κ1) is 19.1. The Kier molecular flexibility index (Phi) is 4.92. The number of nitrogens with zero attached hydrogens (tertiary/aromatic N) is 2. The molecule has 0 aromatic heterocycles. The third-order valence-corrected chi connectivity index (χ3v) is 6.69. The minimum Gasteiger partial charge on any atom is -0.458 e. The number of dihydropyridines is 1. The Balaban J connectivity index is 1.44. The van der Waals surface area contributed by atoms with Gasteiger partial charge in [-0.2, -0.15) is 0 Å². The average Bonchev–Trinajstić information content (AvgIpc) is 3.15. The Labute approximate surface area is 179 Å². The van der Waals surface area contributed by atoms with Crippen molar-refractivity contribution in [3.8, 4) is 5.75 Å². The fourth-order valence-corrected chi connectivity index (χ4v) is 5.14. The monoisotopic (exact) mass is 396 g/mol. The van der Waals surface area contributed by atoms with Gasteiger partial charge >= 0.3 is 0 Å². The van der Waals surface area contributed by atoms with Crippen LogP contribution in [0, 0.1) is 0 Å². The van der Waals surface area contributed by atoms with Gasteiger partial charge < -0.3 is 4.74 Å². The van der Waals surface area contributed by atoms with Gasteiger partial charge in [-0.05, 0) is 60.6 Å². The van der Waals surface area contributed by atoms with Crippen LogP contribution in [0.15, 0.2) is 100 Å². The Hall–Kier alpha value is -2.91. The second-order valence-electron chi connectivity index (χ2n) is 8.54. The Morgan fingerprint density at radius 2 is 1.80 bits per heavy atom. The summed E-state index contributed by atoms with van der Waals surface area (Å²) in [5.74, 6) is 2.23. The Morgan fingerprint density at radius 3 is 2.57 bits per heavy atom. The molecule has 0 bridgehead atoms. The van der Waals surface area contributed by atoms with Crippen LogP contribution in [0.4, 0.5) is 0 Å². The minimum atomic E-state index is -0.120. The number of hydrogen-bond donors (Lipinski definition) is 0. The van der Waals surface area contributed by atoms with Gasteiger partial charge in [0.05, 0.1) is 11.2 Å². The molecule has 152 valence electrons. The summed E-state index contributed by atoms with van der Waals surface area (Å²) in [7, 11) is 0. The topological polar surface area (TPSA) is 24.8 Å². The third kappa shape index (κ3) is 3.23. The molecule has 2 unspecified atom stereocenters. The van der Waals surface area contributed by atoms with Crippen LogP contribution in [0.5, 0.6) is 5.75 Å². The maximum absolute atomic E-state index is 6.14. The molecule has 3 nitrogen and oxygen atoms in total. The second kappa shape index (κ2) is 7.73. The number of hydrogen-bond acceptors (Lipinski definition) is 3. The van der Waals surface area contributed by atoms with Crippen LogP contribution in [0.2, 0.25) is 0 Å². The van der Waals surface area contributed by atoms with Crippen molar-refractivity contribution < 1.29 is 4.74 Å². The van der Waals surface area contributed by atoms with E-state index in [0.717, 1.165) is 43.1 Å². The number of ether oxygens (including phenoxy) is 1. The molecule has 2 atom stereocenters. The zero-order valence-electron chi connectivity index (χ0n) is 17.7. The highest BCUT2D eigenvalue weighted by Gasteiger charge is 2.50. The highest BCUT2D eigenvalue weighted by Crippen LogP contribution is 2.49. The van der Waals surface area contributed by atoms with E-state index in [0.29, 0.717) is 5.92 Å². The van der Waals surface area contributed by atoms with Crippen LogP contribution in [0.3, 0.4) is 0 Å². The molecule has 2 heterocycles. The van der Waals surface area contributed by atoms with Gasteiger partial charge in [0.25, 0.3) is 0 Å². The molecular weight excluding hydrogens is 368 g/mol. The first-order valence-corrected chi connectivity index (χ1v) is 10.9. The zero-order chi connectivity index (χ0) is 20.6. The van der Waals surface area contributed by atoms with Gasteiger partial charge in [0.15, 0.2) is 0 Å². The van der Waals surface area contributed by atoms with Crippen molar-refractivity contribution in [3.63, 3.8) is 0 Å². The summed E-state index contributed by atoms with van der Waals surface area (Å²) in [6.07, 6.45) is 8.45. The number of allylic oxidation sites excluding steroid dienone is 2. The fourth-order valence-electron chi connectivity index (χ4n) is 5.14. The molecule has 5 rings (SSSR count). The zero-order valence-corrected chi connectivity index (χ0v) is 17.7.